The van der Waals surface area contributed by atoms with Crippen LogP contribution in [0.3, 0.4) is 0 Å². The summed E-state index contributed by atoms with van der Waals surface area (Å²) >= 11 is 5.88. The topological polar surface area (TPSA) is 38.3 Å². The SMILES string of the molecule is COCC(=O)N[C@@H](C)Cc1cccc(Cl)c1. The molecule has 16 heavy (non-hydrogen) atoms. The van der Waals surface area contributed by atoms with Crippen LogP contribution in [0.25, 0.3) is 0 Å². The largest absolute Gasteiger partial charge is 0.375 e. The first-order valence-electron chi connectivity index (χ1n) is 5.14. The van der Waals surface area contributed by atoms with Gasteiger partial charge in [-0.15, -0.1) is 0 Å². The molecule has 1 aromatic carbocycles. The molecule has 0 bridgehead atoms. The van der Waals surface area contributed by atoms with E-state index in [4.69, 9.17) is 16.3 Å². The maximum Gasteiger partial charge on any atom is 0.246 e. The molecule has 1 aromatic rings. The smallest absolute Gasteiger partial charge is 0.246 e. The Morgan fingerprint density at radius 2 is 2.31 bits per heavy atom. The lowest BCUT2D eigenvalue weighted by Gasteiger charge is -2.13. The van der Waals surface area contributed by atoms with Gasteiger partial charge < -0.3 is 10.1 Å². The molecule has 88 valence electrons. The van der Waals surface area contributed by atoms with Crippen LogP contribution in [0.5, 0.6) is 0 Å². The summed E-state index contributed by atoms with van der Waals surface area (Å²) in [7, 11) is 1.50. The van der Waals surface area contributed by atoms with E-state index >= 15 is 0 Å². The number of halogens is 1. The van der Waals surface area contributed by atoms with Gasteiger partial charge in [0.05, 0.1) is 0 Å². The van der Waals surface area contributed by atoms with Crippen LogP contribution >= 0.6 is 11.6 Å². The Morgan fingerprint density at radius 1 is 1.56 bits per heavy atom. The summed E-state index contributed by atoms with van der Waals surface area (Å²) in [5.41, 5.74) is 1.11. The first-order chi connectivity index (χ1) is 7.61. The summed E-state index contributed by atoms with van der Waals surface area (Å²) in [5.74, 6) is -0.1000. The van der Waals surface area contributed by atoms with Crippen LogP contribution in [0.15, 0.2) is 24.3 Å². The third-order valence-corrected chi connectivity index (χ3v) is 2.35. The van der Waals surface area contributed by atoms with Gasteiger partial charge in [0.15, 0.2) is 0 Å². The number of hydrogen-bond donors (Lipinski definition) is 1. The fourth-order valence-corrected chi connectivity index (χ4v) is 1.73. The lowest BCUT2D eigenvalue weighted by atomic mass is 10.1. The van der Waals surface area contributed by atoms with Crippen molar-refractivity contribution in [3.8, 4) is 0 Å². The van der Waals surface area contributed by atoms with Gasteiger partial charge >= 0.3 is 0 Å². The van der Waals surface area contributed by atoms with Gasteiger partial charge in [0, 0.05) is 18.2 Å². The Kier molecular flexibility index (Phi) is 5.29. The van der Waals surface area contributed by atoms with E-state index in [0.29, 0.717) is 5.02 Å². The van der Waals surface area contributed by atoms with Gasteiger partial charge in [-0.1, -0.05) is 23.7 Å². The first kappa shape index (κ1) is 13.0. The fourth-order valence-electron chi connectivity index (χ4n) is 1.52. The van der Waals surface area contributed by atoms with Gasteiger partial charge in [-0.25, -0.2) is 0 Å². The number of methoxy groups -OCH3 is 1. The molecule has 0 spiro atoms. The summed E-state index contributed by atoms with van der Waals surface area (Å²) < 4.78 is 4.74. The van der Waals surface area contributed by atoms with Gasteiger partial charge in [0.25, 0.3) is 0 Å². The van der Waals surface area contributed by atoms with Crippen molar-refractivity contribution in [2.24, 2.45) is 0 Å². The molecule has 0 aliphatic heterocycles. The predicted octanol–water partition coefficient (Wildman–Crippen LogP) is 2.03. The van der Waals surface area contributed by atoms with Gasteiger partial charge in [-0.2, -0.15) is 0 Å². The second kappa shape index (κ2) is 6.51. The van der Waals surface area contributed by atoms with Crippen molar-refractivity contribution in [3.05, 3.63) is 34.9 Å². The van der Waals surface area contributed by atoms with Gasteiger partial charge in [-0.3, -0.25) is 4.79 Å². The minimum Gasteiger partial charge on any atom is -0.375 e. The summed E-state index contributed by atoms with van der Waals surface area (Å²) in [4.78, 5) is 11.2. The van der Waals surface area contributed by atoms with Gasteiger partial charge in [0.2, 0.25) is 5.91 Å². The zero-order valence-corrected chi connectivity index (χ0v) is 10.3. The molecular weight excluding hydrogens is 226 g/mol. The molecule has 0 aromatic heterocycles. The van der Waals surface area contributed by atoms with Crippen LogP contribution < -0.4 is 5.32 Å². The monoisotopic (exact) mass is 241 g/mol. The van der Waals surface area contributed by atoms with Crippen molar-refractivity contribution in [3.63, 3.8) is 0 Å². The van der Waals surface area contributed by atoms with Crippen LogP contribution in [0.4, 0.5) is 0 Å². The molecule has 0 saturated heterocycles. The van der Waals surface area contributed by atoms with Crippen molar-refractivity contribution in [2.45, 2.75) is 19.4 Å². The van der Waals surface area contributed by atoms with Crippen molar-refractivity contribution >= 4 is 17.5 Å². The Bertz CT molecular complexity index is 355. The number of carbonyl (C=O) groups excluding carboxylic acids is 1. The Balaban J connectivity index is 2.45. The van der Waals surface area contributed by atoms with Crippen LogP contribution in [-0.4, -0.2) is 25.7 Å². The zero-order chi connectivity index (χ0) is 12.0. The predicted molar refractivity (Wildman–Crippen MR) is 64.6 cm³/mol. The quantitative estimate of drug-likeness (QED) is 0.857. The third kappa shape index (κ3) is 4.64. The molecule has 3 nitrogen and oxygen atoms in total. The molecule has 0 fully saturated rings. The molecule has 4 heteroatoms. The molecule has 0 unspecified atom stereocenters. The number of rotatable bonds is 5. The molecule has 0 aliphatic carbocycles. The lowest BCUT2D eigenvalue weighted by molar-refractivity contribution is -0.125. The summed E-state index contributed by atoms with van der Waals surface area (Å²) in [6.45, 7) is 2.05. The molecule has 1 amide bonds. The second-order valence-electron chi connectivity index (χ2n) is 3.74. The van der Waals surface area contributed by atoms with Crippen molar-refractivity contribution in [1.29, 1.82) is 0 Å². The number of ether oxygens (including phenoxy) is 1. The summed E-state index contributed by atoms with van der Waals surface area (Å²) in [6.07, 6.45) is 0.760. The molecule has 1 atom stereocenters. The standard InChI is InChI=1S/C12H16ClNO2/c1-9(14-12(15)8-16-2)6-10-4-3-5-11(13)7-10/h3-5,7,9H,6,8H2,1-2H3,(H,14,15)/t9-/m0/s1. The van der Waals surface area contributed by atoms with E-state index in [0.717, 1.165) is 12.0 Å². The number of hydrogen-bond acceptors (Lipinski definition) is 2. The van der Waals surface area contributed by atoms with Crippen molar-refractivity contribution in [1.82, 2.24) is 5.32 Å². The number of carbonyl (C=O) groups is 1. The lowest BCUT2D eigenvalue weighted by Crippen LogP contribution is -2.36. The minimum atomic E-state index is -0.1000. The van der Waals surface area contributed by atoms with E-state index in [1.807, 2.05) is 31.2 Å². The average molecular weight is 242 g/mol. The van der Waals surface area contributed by atoms with Crippen LogP contribution in [0.2, 0.25) is 5.02 Å². The van der Waals surface area contributed by atoms with Gasteiger partial charge in [0.1, 0.15) is 6.61 Å². The minimum absolute atomic E-state index is 0.0705. The van der Waals surface area contributed by atoms with E-state index in [9.17, 15) is 4.79 Å². The van der Waals surface area contributed by atoms with Crippen LogP contribution in [0, 0.1) is 0 Å². The van der Waals surface area contributed by atoms with E-state index in [-0.39, 0.29) is 18.6 Å². The zero-order valence-electron chi connectivity index (χ0n) is 9.50. The highest BCUT2D eigenvalue weighted by Crippen LogP contribution is 2.12. The maximum atomic E-state index is 11.2. The molecule has 0 heterocycles. The molecule has 0 radical (unpaired) electrons. The first-order valence-corrected chi connectivity index (χ1v) is 5.52. The highest BCUT2D eigenvalue weighted by molar-refractivity contribution is 6.30. The van der Waals surface area contributed by atoms with E-state index in [1.165, 1.54) is 7.11 Å². The number of nitrogens with one attached hydrogen (secondary N) is 1. The van der Waals surface area contributed by atoms with Crippen LogP contribution in [0.1, 0.15) is 12.5 Å². The average Bonchev–Trinajstić information content (AvgIpc) is 2.17. The second-order valence-corrected chi connectivity index (χ2v) is 4.17. The molecular formula is C12H16ClNO2. The van der Waals surface area contributed by atoms with E-state index in [1.54, 1.807) is 0 Å². The number of amides is 1. The summed E-state index contributed by atoms with van der Waals surface area (Å²) in [5, 5.41) is 3.56. The highest BCUT2D eigenvalue weighted by Gasteiger charge is 2.07. The maximum absolute atomic E-state index is 11.2. The molecule has 0 saturated carbocycles. The third-order valence-electron chi connectivity index (χ3n) is 2.11. The molecule has 0 aliphatic rings. The normalized spacial score (nSPS) is 12.2. The Labute approximate surface area is 101 Å². The van der Waals surface area contributed by atoms with Gasteiger partial charge in [-0.05, 0) is 31.0 Å². The highest BCUT2D eigenvalue weighted by atomic mass is 35.5. The molecule has 1 N–H and O–H groups in total. The Morgan fingerprint density at radius 3 is 2.94 bits per heavy atom. The number of benzene rings is 1. The van der Waals surface area contributed by atoms with Crippen LogP contribution in [-0.2, 0) is 16.0 Å². The fraction of sp³-hybridized carbons (Fsp3) is 0.417. The van der Waals surface area contributed by atoms with E-state index in [2.05, 4.69) is 5.32 Å². The summed E-state index contributed by atoms with van der Waals surface area (Å²) in [6, 6.07) is 7.70. The molecule has 1 rings (SSSR count). The van der Waals surface area contributed by atoms with E-state index < -0.39 is 0 Å². The Hall–Kier alpha value is -1.06. The van der Waals surface area contributed by atoms with Crippen molar-refractivity contribution in [2.75, 3.05) is 13.7 Å². The van der Waals surface area contributed by atoms with Crippen molar-refractivity contribution < 1.29 is 9.53 Å².